The van der Waals surface area contributed by atoms with Crippen molar-refractivity contribution in [2.24, 2.45) is 0 Å². The van der Waals surface area contributed by atoms with Gasteiger partial charge in [-0.2, -0.15) is 0 Å². The predicted octanol–water partition coefficient (Wildman–Crippen LogP) is 2.23. The normalized spacial score (nSPS) is 19.9. The van der Waals surface area contributed by atoms with Crippen molar-refractivity contribution in [2.75, 3.05) is 13.2 Å². The van der Waals surface area contributed by atoms with Gasteiger partial charge in [-0.1, -0.05) is 6.42 Å². The Labute approximate surface area is 107 Å². The fourth-order valence-corrected chi connectivity index (χ4v) is 2.13. The molecule has 1 unspecified atom stereocenters. The first-order valence-electron chi connectivity index (χ1n) is 5.95. The Hall–Kier alpha value is -1.13. The molecule has 0 saturated carbocycles. The van der Waals surface area contributed by atoms with Gasteiger partial charge in [-0.15, -0.1) is 0 Å². The van der Waals surface area contributed by atoms with Gasteiger partial charge >= 0.3 is 0 Å². The first-order chi connectivity index (χ1) is 8.25. The second-order valence-corrected chi connectivity index (χ2v) is 4.66. The minimum Gasteiger partial charge on any atom is -0.508 e. The summed E-state index contributed by atoms with van der Waals surface area (Å²) in [4.78, 5) is 0. The molecular weight excluding hydrogens is 234 g/mol. The molecule has 92 valence electrons. The van der Waals surface area contributed by atoms with Crippen molar-refractivity contribution < 1.29 is 9.84 Å². The lowest BCUT2D eigenvalue weighted by atomic mass is 10.1. The minimum absolute atomic E-state index is 0.241. The van der Waals surface area contributed by atoms with Crippen LogP contribution in [0.25, 0.3) is 0 Å². The van der Waals surface area contributed by atoms with Crippen LogP contribution in [0.2, 0.25) is 0 Å². The molecule has 0 spiro atoms. The smallest absolute Gasteiger partial charge is 0.191 e. The van der Waals surface area contributed by atoms with Gasteiger partial charge in [0.05, 0.1) is 0 Å². The molecule has 1 saturated heterocycles. The molecule has 0 amide bonds. The van der Waals surface area contributed by atoms with E-state index < -0.39 is 0 Å². The zero-order valence-corrected chi connectivity index (χ0v) is 10.5. The van der Waals surface area contributed by atoms with Crippen LogP contribution >= 0.6 is 12.2 Å². The number of rotatable bonds is 3. The molecule has 1 aliphatic heterocycles. The monoisotopic (exact) mass is 251 g/mol. The molecule has 1 aromatic carbocycles. The van der Waals surface area contributed by atoms with Crippen molar-refractivity contribution in [3.05, 3.63) is 29.8 Å². The number of phenolic OH excluding ortho intramolecular Hbond substituents is 1. The highest BCUT2D eigenvalue weighted by molar-refractivity contribution is 7.80. The molecule has 17 heavy (non-hydrogen) atoms. The van der Waals surface area contributed by atoms with Crippen LogP contribution in [0.15, 0.2) is 24.3 Å². The summed E-state index contributed by atoms with van der Waals surface area (Å²) in [5.41, 5.74) is 0.841. The van der Waals surface area contributed by atoms with Crippen molar-refractivity contribution in [1.82, 2.24) is 5.32 Å². The summed E-state index contributed by atoms with van der Waals surface area (Å²) in [6.45, 7) is 1.69. The molecule has 4 heteroatoms. The minimum atomic E-state index is 0.241. The summed E-state index contributed by atoms with van der Waals surface area (Å²) in [7, 11) is 0. The first kappa shape index (κ1) is 12.3. The summed E-state index contributed by atoms with van der Waals surface area (Å²) < 4.78 is 5.59. The number of piperidine rings is 1. The van der Waals surface area contributed by atoms with Gasteiger partial charge in [0.2, 0.25) is 0 Å². The number of thiocarbonyl (C=S) groups is 1. The van der Waals surface area contributed by atoms with Gasteiger partial charge in [0.1, 0.15) is 12.4 Å². The quantitative estimate of drug-likeness (QED) is 0.808. The lowest BCUT2D eigenvalue weighted by Gasteiger charge is -2.23. The van der Waals surface area contributed by atoms with E-state index in [1.54, 1.807) is 24.3 Å². The molecule has 2 N–H and O–H groups in total. The van der Waals surface area contributed by atoms with Crippen LogP contribution in [-0.4, -0.2) is 29.4 Å². The molecule has 0 aliphatic carbocycles. The van der Waals surface area contributed by atoms with Gasteiger partial charge in [0, 0.05) is 11.6 Å². The summed E-state index contributed by atoms with van der Waals surface area (Å²) in [5.74, 6) is 0.241. The number of aromatic hydroxyl groups is 1. The predicted molar refractivity (Wildman–Crippen MR) is 71.4 cm³/mol. The van der Waals surface area contributed by atoms with E-state index in [2.05, 4.69) is 5.32 Å². The maximum absolute atomic E-state index is 9.18. The van der Waals surface area contributed by atoms with Gasteiger partial charge in [-0.05, 0) is 55.9 Å². The van der Waals surface area contributed by atoms with Crippen molar-refractivity contribution >= 4 is 17.3 Å². The number of hydrogen-bond acceptors (Lipinski definition) is 4. The Morgan fingerprint density at radius 1 is 1.35 bits per heavy atom. The molecule has 1 heterocycles. The molecular formula is C13H17NO2S. The summed E-state index contributed by atoms with van der Waals surface area (Å²) in [5, 5.41) is 13.1. The van der Waals surface area contributed by atoms with Gasteiger partial charge in [0.15, 0.2) is 5.05 Å². The Morgan fingerprint density at radius 2 is 2.12 bits per heavy atom. The molecule has 2 rings (SSSR count). The third-order valence-corrected chi connectivity index (χ3v) is 3.28. The number of benzene rings is 1. The second kappa shape index (κ2) is 5.98. The van der Waals surface area contributed by atoms with Gasteiger partial charge < -0.3 is 15.2 Å². The van der Waals surface area contributed by atoms with Crippen LogP contribution in [-0.2, 0) is 4.74 Å². The Kier molecular flexibility index (Phi) is 4.34. The fourth-order valence-electron chi connectivity index (χ4n) is 1.92. The molecule has 1 atom stereocenters. The first-order valence-corrected chi connectivity index (χ1v) is 6.36. The van der Waals surface area contributed by atoms with Crippen molar-refractivity contribution in [3.8, 4) is 5.75 Å². The maximum Gasteiger partial charge on any atom is 0.191 e. The van der Waals surface area contributed by atoms with E-state index in [1.165, 1.54) is 12.8 Å². The third kappa shape index (κ3) is 3.68. The van der Waals surface area contributed by atoms with Crippen LogP contribution in [0.3, 0.4) is 0 Å². The van der Waals surface area contributed by atoms with Gasteiger partial charge in [0.25, 0.3) is 0 Å². The molecule has 0 aromatic heterocycles. The standard InChI is InChI=1S/C13H17NO2S/c15-12-6-4-10(5-7-12)13(17)16-9-11-3-1-2-8-14-11/h4-7,11,14-15H,1-3,8-9H2. The number of ether oxygens (including phenoxy) is 1. The van der Waals surface area contributed by atoms with Crippen LogP contribution in [0.4, 0.5) is 0 Å². The lowest BCUT2D eigenvalue weighted by molar-refractivity contribution is 0.235. The van der Waals surface area contributed by atoms with E-state index in [4.69, 9.17) is 17.0 Å². The van der Waals surface area contributed by atoms with Crippen LogP contribution in [0, 0.1) is 0 Å². The van der Waals surface area contributed by atoms with Crippen LogP contribution in [0.1, 0.15) is 24.8 Å². The number of nitrogens with one attached hydrogen (secondary N) is 1. The summed E-state index contributed by atoms with van der Waals surface area (Å²) in [6, 6.07) is 7.19. The maximum atomic E-state index is 9.18. The molecule has 0 bridgehead atoms. The zero-order valence-electron chi connectivity index (χ0n) is 9.69. The van der Waals surface area contributed by atoms with E-state index in [0.717, 1.165) is 18.5 Å². The van der Waals surface area contributed by atoms with E-state index in [1.807, 2.05) is 0 Å². The lowest BCUT2D eigenvalue weighted by Crippen LogP contribution is -2.38. The fraction of sp³-hybridized carbons (Fsp3) is 0.462. The summed E-state index contributed by atoms with van der Waals surface area (Å²) in [6.07, 6.45) is 3.66. The highest BCUT2D eigenvalue weighted by Crippen LogP contribution is 2.12. The largest absolute Gasteiger partial charge is 0.508 e. The van der Waals surface area contributed by atoms with Crippen molar-refractivity contribution in [1.29, 1.82) is 0 Å². The average molecular weight is 251 g/mol. The van der Waals surface area contributed by atoms with E-state index in [-0.39, 0.29) is 5.75 Å². The average Bonchev–Trinajstić information content (AvgIpc) is 2.38. The Bertz CT molecular complexity index is 372. The van der Waals surface area contributed by atoms with Gasteiger partial charge in [-0.3, -0.25) is 0 Å². The molecule has 0 radical (unpaired) electrons. The van der Waals surface area contributed by atoms with Crippen molar-refractivity contribution in [3.63, 3.8) is 0 Å². The SMILES string of the molecule is Oc1ccc(C(=S)OCC2CCCCN2)cc1. The third-order valence-electron chi connectivity index (χ3n) is 2.93. The highest BCUT2D eigenvalue weighted by atomic mass is 32.1. The van der Waals surface area contributed by atoms with Crippen LogP contribution in [0.5, 0.6) is 5.75 Å². The second-order valence-electron chi connectivity index (χ2n) is 4.29. The number of hydrogen-bond donors (Lipinski definition) is 2. The van der Waals surface area contributed by atoms with E-state index in [9.17, 15) is 5.11 Å². The number of phenols is 1. The Morgan fingerprint density at radius 3 is 2.76 bits per heavy atom. The highest BCUT2D eigenvalue weighted by Gasteiger charge is 2.13. The molecule has 1 fully saturated rings. The van der Waals surface area contributed by atoms with Crippen LogP contribution < -0.4 is 5.32 Å². The zero-order chi connectivity index (χ0) is 12.1. The van der Waals surface area contributed by atoms with Crippen molar-refractivity contribution in [2.45, 2.75) is 25.3 Å². The molecule has 3 nitrogen and oxygen atoms in total. The Balaban J connectivity index is 1.82. The summed E-state index contributed by atoms with van der Waals surface area (Å²) >= 11 is 5.20. The van der Waals surface area contributed by atoms with E-state index in [0.29, 0.717) is 17.7 Å². The van der Waals surface area contributed by atoms with Gasteiger partial charge in [-0.25, -0.2) is 0 Å². The molecule has 1 aromatic rings. The van der Waals surface area contributed by atoms with E-state index >= 15 is 0 Å². The molecule has 1 aliphatic rings. The topological polar surface area (TPSA) is 41.5 Å².